The number of rotatable bonds is 2. The number of thiophene rings is 1. The Bertz CT molecular complexity index is 344. The summed E-state index contributed by atoms with van der Waals surface area (Å²) in [6.07, 6.45) is 1.86. The molecule has 0 bridgehead atoms. The van der Waals surface area contributed by atoms with Gasteiger partial charge in [0, 0.05) is 5.92 Å². The highest BCUT2D eigenvalue weighted by Gasteiger charge is 2.29. The smallest absolute Gasteiger partial charge is 0.273 e. The van der Waals surface area contributed by atoms with E-state index in [9.17, 15) is 9.59 Å². The minimum atomic E-state index is -0.256. The van der Waals surface area contributed by atoms with Crippen molar-refractivity contribution < 1.29 is 9.59 Å². The van der Waals surface area contributed by atoms with Gasteiger partial charge in [-0.15, -0.1) is 11.3 Å². The van der Waals surface area contributed by atoms with E-state index in [0.717, 1.165) is 12.8 Å². The van der Waals surface area contributed by atoms with Gasteiger partial charge in [0.15, 0.2) is 0 Å². The van der Waals surface area contributed by atoms with Crippen molar-refractivity contribution in [2.24, 2.45) is 5.92 Å². The molecule has 0 atom stereocenters. The van der Waals surface area contributed by atoms with Gasteiger partial charge in [-0.3, -0.25) is 20.4 Å². The molecule has 2 rings (SSSR count). The van der Waals surface area contributed by atoms with Crippen LogP contribution in [0.3, 0.4) is 0 Å². The molecule has 74 valence electrons. The quantitative estimate of drug-likeness (QED) is 0.713. The SMILES string of the molecule is O=C(NNC(=O)C1CC1)c1cccs1. The molecule has 0 aliphatic heterocycles. The average Bonchev–Trinajstić information content (AvgIpc) is 2.90. The summed E-state index contributed by atoms with van der Waals surface area (Å²) in [4.78, 5) is 23.1. The van der Waals surface area contributed by atoms with Crippen molar-refractivity contribution >= 4 is 23.2 Å². The van der Waals surface area contributed by atoms with Crippen LogP contribution in [-0.2, 0) is 4.79 Å². The number of hydrazine groups is 1. The predicted octanol–water partition coefficient (Wildman–Crippen LogP) is 0.919. The summed E-state index contributed by atoms with van der Waals surface area (Å²) in [5.74, 6) is -0.234. The molecule has 1 aromatic heterocycles. The summed E-state index contributed by atoms with van der Waals surface area (Å²) >= 11 is 1.34. The highest BCUT2D eigenvalue weighted by molar-refractivity contribution is 7.12. The zero-order valence-electron chi connectivity index (χ0n) is 7.45. The standard InChI is InChI=1S/C9H10N2O2S/c12-8(6-3-4-6)10-11-9(13)7-2-1-5-14-7/h1-2,5-6H,3-4H2,(H,10,12)(H,11,13). The number of carbonyl (C=O) groups is 2. The number of hydrogen-bond acceptors (Lipinski definition) is 3. The van der Waals surface area contributed by atoms with Gasteiger partial charge >= 0.3 is 0 Å². The molecule has 2 amide bonds. The van der Waals surface area contributed by atoms with E-state index in [1.54, 1.807) is 12.1 Å². The number of amides is 2. The third-order valence-electron chi connectivity index (χ3n) is 1.99. The molecule has 4 nitrogen and oxygen atoms in total. The monoisotopic (exact) mass is 210 g/mol. The lowest BCUT2D eigenvalue weighted by Crippen LogP contribution is -2.42. The zero-order chi connectivity index (χ0) is 9.97. The first-order valence-electron chi connectivity index (χ1n) is 4.41. The summed E-state index contributed by atoms with van der Waals surface area (Å²) in [5, 5.41) is 1.82. The highest BCUT2D eigenvalue weighted by atomic mass is 32.1. The fraction of sp³-hybridized carbons (Fsp3) is 0.333. The first-order valence-corrected chi connectivity index (χ1v) is 5.29. The first kappa shape index (κ1) is 9.21. The van der Waals surface area contributed by atoms with E-state index >= 15 is 0 Å². The maximum Gasteiger partial charge on any atom is 0.279 e. The van der Waals surface area contributed by atoms with Crippen LogP contribution < -0.4 is 10.9 Å². The molecule has 1 aliphatic rings. The second-order valence-corrected chi connectivity index (χ2v) is 4.14. The number of carbonyl (C=O) groups excluding carboxylic acids is 2. The van der Waals surface area contributed by atoms with Crippen LogP contribution in [0.25, 0.3) is 0 Å². The number of hydrogen-bond donors (Lipinski definition) is 2. The van der Waals surface area contributed by atoms with Gasteiger partial charge in [-0.1, -0.05) is 6.07 Å². The van der Waals surface area contributed by atoms with E-state index in [1.807, 2.05) is 5.38 Å². The van der Waals surface area contributed by atoms with Gasteiger partial charge in [0.2, 0.25) is 5.91 Å². The number of nitrogens with one attached hydrogen (secondary N) is 2. The van der Waals surface area contributed by atoms with Crippen LogP contribution in [0.15, 0.2) is 17.5 Å². The van der Waals surface area contributed by atoms with E-state index in [1.165, 1.54) is 11.3 Å². The Morgan fingerprint density at radius 1 is 1.36 bits per heavy atom. The lowest BCUT2D eigenvalue weighted by Gasteiger charge is -2.04. The van der Waals surface area contributed by atoms with Crippen LogP contribution in [0, 0.1) is 5.92 Å². The van der Waals surface area contributed by atoms with Crippen LogP contribution in [0.2, 0.25) is 0 Å². The van der Waals surface area contributed by atoms with Crippen molar-refractivity contribution in [2.45, 2.75) is 12.8 Å². The minimum Gasteiger partial charge on any atom is -0.273 e. The van der Waals surface area contributed by atoms with E-state index in [2.05, 4.69) is 10.9 Å². The predicted molar refractivity (Wildman–Crippen MR) is 52.7 cm³/mol. The minimum absolute atomic E-state index is 0.0880. The average molecular weight is 210 g/mol. The second kappa shape index (κ2) is 3.79. The summed E-state index contributed by atoms with van der Waals surface area (Å²) in [6.45, 7) is 0. The molecule has 0 saturated heterocycles. The molecule has 1 heterocycles. The fourth-order valence-electron chi connectivity index (χ4n) is 1.04. The van der Waals surface area contributed by atoms with Crippen LogP contribution >= 0.6 is 11.3 Å². The topological polar surface area (TPSA) is 58.2 Å². The molecule has 0 aromatic carbocycles. The Hall–Kier alpha value is -1.36. The zero-order valence-corrected chi connectivity index (χ0v) is 8.26. The summed E-state index contributed by atoms with van der Waals surface area (Å²) in [7, 11) is 0. The van der Waals surface area contributed by atoms with Crippen LogP contribution in [-0.4, -0.2) is 11.8 Å². The molecule has 0 spiro atoms. The molecule has 2 N–H and O–H groups in total. The van der Waals surface area contributed by atoms with Crippen molar-refractivity contribution in [3.05, 3.63) is 22.4 Å². The van der Waals surface area contributed by atoms with Gasteiger partial charge in [-0.2, -0.15) is 0 Å². The molecule has 1 saturated carbocycles. The Morgan fingerprint density at radius 3 is 2.71 bits per heavy atom. The second-order valence-electron chi connectivity index (χ2n) is 3.19. The molecular formula is C9H10N2O2S. The van der Waals surface area contributed by atoms with E-state index in [-0.39, 0.29) is 17.7 Å². The summed E-state index contributed by atoms with van der Waals surface area (Å²) < 4.78 is 0. The first-order chi connectivity index (χ1) is 6.77. The highest BCUT2D eigenvalue weighted by Crippen LogP contribution is 2.28. The molecule has 0 unspecified atom stereocenters. The molecule has 1 fully saturated rings. The summed E-state index contributed by atoms with van der Waals surface area (Å²) in [5.41, 5.74) is 4.78. The van der Waals surface area contributed by atoms with Crippen molar-refractivity contribution in [2.75, 3.05) is 0 Å². The van der Waals surface area contributed by atoms with Gasteiger partial charge < -0.3 is 0 Å². The molecule has 14 heavy (non-hydrogen) atoms. The van der Waals surface area contributed by atoms with Gasteiger partial charge in [0.1, 0.15) is 0 Å². The molecule has 1 aromatic rings. The van der Waals surface area contributed by atoms with Crippen LogP contribution in [0.4, 0.5) is 0 Å². The van der Waals surface area contributed by atoms with Crippen molar-refractivity contribution in [1.82, 2.24) is 10.9 Å². The third-order valence-corrected chi connectivity index (χ3v) is 2.86. The third kappa shape index (κ3) is 2.11. The maximum absolute atomic E-state index is 11.3. The van der Waals surface area contributed by atoms with E-state index in [4.69, 9.17) is 0 Å². The van der Waals surface area contributed by atoms with Crippen LogP contribution in [0.5, 0.6) is 0 Å². The Labute approximate surface area is 85.3 Å². The largest absolute Gasteiger partial charge is 0.279 e. The van der Waals surface area contributed by atoms with E-state index < -0.39 is 0 Å². The fourth-order valence-corrected chi connectivity index (χ4v) is 1.65. The Balaban J connectivity index is 1.80. The van der Waals surface area contributed by atoms with Crippen LogP contribution in [0.1, 0.15) is 22.5 Å². The van der Waals surface area contributed by atoms with Crippen molar-refractivity contribution in [3.63, 3.8) is 0 Å². The lowest BCUT2D eigenvalue weighted by atomic mass is 10.4. The Kier molecular flexibility index (Phi) is 2.49. The molecule has 5 heteroatoms. The molecule has 1 aliphatic carbocycles. The van der Waals surface area contributed by atoms with Crippen molar-refractivity contribution in [3.8, 4) is 0 Å². The van der Waals surface area contributed by atoms with Gasteiger partial charge in [0.25, 0.3) is 5.91 Å². The maximum atomic E-state index is 11.3. The molecular weight excluding hydrogens is 200 g/mol. The molecule has 0 radical (unpaired) electrons. The Morgan fingerprint density at radius 2 is 2.14 bits per heavy atom. The van der Waals surface area contributed by atoms with Gasteiger partial charge in [-0.05, 0) is 24.3 Å². The van der Waals surface area contributed by atoms with Gasteiger partial charge in [-0.25, -0.2) is 0 Å². The van der Waals surface area contributed by atoms with Gasteiger partial charge in [0.05, 0.1) is 4.88 Å². The van der Waals surface area contributed by atoms with E-state index in [0.29, 0.717) is 4.88 Å². The summed E-state index contributed by atoms with van der Waals surface area (Å²) in [6, 6.07) is 3.51. The normalized spacial score (nSPS) is 14.9. The van der Waals surface area contributed by atoms with Crippen molar-refractivity contribution in [1.29, 1.82) is 0 Å². The lowest BCUT2D eigenvalue weighted by molar-refractivity contribution is -0.123.